The lowest BCUT2D eigenvalue weighted by atomic mass is 10.0. The van der Waals surface area contributed by atoms with Gasteiger partial charge >= 0.3 is 0 Å². The first kappa shape index (κ1) is 16.3. The summed E-state index contributed by atoms with van der Waals surface area (Å²) in [6.07, 6.45) is 2.52. The molecule has 126 valence electrons. The number of carbonyl (C=O) groups excluding carboxylic acids is 1. The number of ether oxygens (including phenoxy) is 2. The van der Waals surface area contributed by atoms with E-state index in [9.17, 15) is 13.2 Å². The summed E-state index contributed by atoms with van der Waals surface area (Å²) < 4.78 is 37.3. The van der Waals surface area contributed by atoms with Gasteiger partial charge in [-0.1, -0.05) is 19.1 Å². The zero-order valence-electron chi connectivity index (χ0n) is 13.1. The van der Waals surface area contributed by atoms with Crippen LogP contribution in [0.5, 0.6) is 11.5 Å². The number of benzene rings is 1. The third-order valence-corrected chi connectivity index (χ3v) is 5.06. The number of fused-ring (bicyclic) bond motifs is 1. The second-order valence-corrected chi connectivity index (χ2v) is 7.11. The second-order valence-electron chi connectivity index (χ2n) is 5.43. The van der Waals surface area contributed by atoms with Crippen LogP contribution in [0.15, 0.2) is 41.6 Å². The molecule has 3 rings (SSSR count). The predicted octanol–water partition coefficient (Wildman–Crippen LogP) is 1.70. The Kier molecular flexibility index (Phi) is 4.15. The van der Waals surface area contributed by atoms with E-state index in [0.717, 1.165) is 11.8 Å². The van der Waals surface area contributed by atoms with Crippen molar-refractivity contribution in [3.8, 4) is 11.5 Å². The van der Waals surface area contributed by atoms with Crippen LogP contribution in [0.25, 0.3) is 0 Å². The minimum atomic E-state index is -4.07. The van der Waals surface area contributed by atoms with Crippen LogP contribution < -0.4 is 14.2 Å². The fraction of sp³-hybridized carbons (Fsp3) is 0.250. The van der Waals surface area contributed by atoms with Crippen molar-refractivity contribution in [1.82, 2.24) is 9.71 Å². The Morgan fingerprint density at radius 3 is 2.92 bits per heavy atom. The molecule has 0 spiro atoms. The molecule has 2 aromatic rings. The summed E-state index contributed by atoms with van der Waals surface area (Å²) >= 11 is 0. The van der Waals surface area contributed by atoms with Crippen molar-refractivity contribution in [3.63, 3.8) is 0 Å². The van der Waals surface area contributed by atoms with Crippen LogP contribution in [-0.2, 0) is 10.0 Å². The normalized spacial score (nSPS) is 16.2. The van der Waals surface area contributed by atoms with Crippen molar-refractivity contribution < 1.29 is 22.7 Å². The number of sulfonamides is 1. The molecule has 1 aliphatic heterocycles. The molecule has 1 unspecified atom stereocenters. The summed E-state index contributed by atoms with van der Waals surface area (Å²) in [6, 6.07) is 6.39. The number of amides is 1. The van der Waals surface area contributed by atoms with Crippen LogP contribution in [0, 0.1) is 0 Å². The van der Waals surface area contributed by atoms with Gasteiger partial charge in [-0.25, -0.2) is 13.1 Å². The van der Waals surface area contributed by atoms with Crippen molar-refractivity contribution in [1.29, 1.82) is 0 Å². The number of hydrogen-bond acceptors (Lipinski definition) is 6. The fourth-order valence-electron chi connectivity index (χ4n) is 2.47. The topological polar surface area (TPSA) is 94.6 Å². The number of methoxy groups -OCH3 is 1. The summed E-state index contributed by atoms with van der Waals surface area (Å²) in [6.45, 7) is 2.44. The van der Waals surface area contributed by atoms with Gasteiger partial charge in [0, 0.05) is 23.7 Å². The molecule has 0 aliphatic carbocycles. The molecule has 0 radical (unpaired) electrons. The van der Waals surface area contributed by atoms with E-state index in [1.54, 1.807) is 6.07 Å². The van der Waals surface area contributed by atoms with Crippen molar-refractivity contribution >= 4 is 15.9 Å². The molecular weight excluding hydrogens is 332 g/mol. The first-order valence-corrected chi connectivity index (χ1v) is 8.72. The van der Waals surface area contributed by atoms with E-state index in [1.165, 1.54) is 25.4 Å². The van der Waals surface area contributed by atoms with E-state index in [2.05, 4.69) is 4.98 Å². The molecule has 1 aromatic carbocycles. The Morgan fingerprint density at radius 1 is 1.38 bits per heavy atom. The number of nitrogens with one attached hydrogen (secondary N) is 1. The van der Waals surface area contributed by atoms with Gasteiger partial charge in [-0.3, -0.25) is 9.78 Å². The van der Waals surface area contributed by atoms with Crippen molar-refractivity contribution in [3.05, 3.63) is 47.8 Å². The van der Waals surface area contributed by atoms with Crippen molar-refractivity contribution in [2.45, 2.75) is 17.7 Å². The Morgan fingerprint density at radius 2 is 2.17 bits per heavy atom. The largest absolute Gasteiger partial charge is 0.495 e. The molecule has 0 saturated carbocycles. The predicted molar refractivity (Wildman–Crippen MR) is 85.8 cm³/mol. The number of carbonyl (C=O) groups is 1. The highest BCUT2D eigenvalue weighted by Gasteiger charge is 2.28. The number of pyridine rings is 1. The van der Waals surface area contributed by atoms with Crippen LogP contribution in [0.4, 0.5) is 0 Å². The minimum absolute atomic E-state index is 0.155. The monoisotopic (exact) mass is 348 g/mol. The molecule has 1 aromatic heterocycles. The third-order valence-electron chi connectivity index (χ3n) is 3.76. The van der Waals surface area contributed by atoms with Crippen LogP contribution >= 0.6 is 0 Å². The summed E-state index contributed by atoms with van der Waals surface area (Å²) in [5.41, 5.74) is 1.08. The lowest BCUT2D eigenvalue weighted by Gasteiger charge is -2.10. The van der Waals surface area contributed by atoms with E-state index in [1.807, 2.05) is 17.7 Å². The summed E-state index contributed by atoms with van der Waals surface area (Å²) in [7, 11) is -2.67. The molecular formula is C16H16N2O5S. The molecule has 1 aliphatic rings. The smallest absolute Gasteiger partial charge is 0.268 e. The highest BCUT2D eigenvalue weighted by Crippen LogP contribution is 2.36. The maximum atomic E-state index is 12.4. The van der Waals surface area contributed by atoms with Crippen LogP contribution in [-0.4, -0.2) is 33.0 Å². The number of nitrogens with zero attached hydrogens (tertiary/aromatic N) is 1. The Labute approximate surface area is 139 Å². The zero-order chi connectivity index (χ0) is 17.3. The first-order valence-electron chi connectivity index (χ1n) is 7.24. The molecule has 1 N–H and O–H groups in total. The Balaban J connectivity index is 1.90. The maximum absolute atomic E-state index is 12.4. The lowest BCUT2D eigenvalue weighted by molar-refractivity contribution is 0.0978. The van der Waals surface area contributed by atoms with Gasteiger partial charge in [0.05, 0.1) is 25.5 Å². The molecule has 7 nitrogen and oxygen atoms in total. The average molecular weight is 348 g/mol. The van der Waals surface area contributed by atoms with E-state index < -0.39 is 15.9 Å². The zero-order valence-corrected chi connectivity index (χ0v) is 14.0. The summed E-state index contributed by atoms with van der Waals surface area (Å²) in [4.78, 5) is 16.1. The molecule has 0 fully saturated rings. The maximum Gasteiger partial charge on any atom is 0.268 e. The number of hydrogen-bond donors (Lipinski definition) is 1. The van der Waals surface area contributed by atoms with Crippen LogP contribution in [0.1, 0.15) is 28.8 Å². The van der Waals surface area contributed by atoms with Crippen molar-refractivity contribution in [2.24, 2.45) is 0 Å². The van der Waals surface area contributed by atoms with Gasteiger partial charge in [0.25, 0.3) is 15.9 Å². The second kappa shape index (κ2) is 6.12. The van der Waals surface area contributed by atoms with Crippen LogP contribution in [0.3, 0.4) is 0 Å². The van der Waals surface area contributed by atoms with E-state index in [0.29, 0.717) is 12.4 Å². The van der Waals surface area contributed by atoms with Gasteiger partial charge < -0.3 is 9.47 Å². The van der Waals surface area contributed by atoms with Gasteiger partial charge in [0.2, 0.25) is 0 Å². The average Bonchev–Trinajstić information content (AvgIpc) is 2.96. The molecule has 0 bridgehead atoms. The Hall–Kier alpha value is -2.61. The molecule has 1 amide bonds. The highest BCUT2D eigenvalue weighted by atomic mass is 32.2. The van der Waals surface area contributed by atoms with Gasteiger partial charge in [-0.05, 0) is 6.07 Å². The highest BCUT2D eigenvalue weighted by molar-refractivity contribution is 7.90. The fourth-order valence-corrected chi connectivity index (χ4v) is 3.42. The summed E-state index contributed by atoms with van der Waals surface area (Å²) in [5, 5.41) is 0. The van der Waals surface area contributed by atoms with Gasteiger partial charge in [-0.2, -0.15) is 0 Å². The van der Waals surface area contributed by atoms with E-state index in [4.69, 9.17) is 9.47 Å². The SMILES string of the molecule is COc1cncc(S(=O)(=O)NC(=O)c2cccc3c2OCC3C)c1. The van der Waals surface area contributed by atoms with Crippen LogP contribution in [0.2, 0.25) is 0 Å². The third kappa shape index (κ3) is 2.92. The van der Waals surface area contributed by atoms with Gasteiger partial charge in [0.15, 0.2) is 0 Å². The van der Waals surface area contributed by atoms with E-state index in [-0.39, 0.29) is 22.1 Å². The lowest BCUT2D eigenvalue weighted by Crippen LogP contribution is -2.31. The number of rotatable bonds is 4. The summed E-state index contributed by atoms with van der Waals surface area (Å²) in [5.74, 6) is 0.125. The quantitative estimate of drug-likeness (QED) is 0.904. The van der Waals surface area contributed by atoms with Crippen molar-refractivity contribution in [2.75, 3.05) is 13.7 Å². The number of para-hydroxylation sites is 1. The molecule has 8 heteroatoms. The van der Waals surface area contributed by atoms with Gasteiger partial charge in [-0.15, -0.1) is 0 Å². The minimum Gasteiger partial charge on any atom is -0.495 e. The van der Waals surface area contributed by atoms with Gasteiger partial charge in [0.1, 0.15) is 16.4 Å². The molecule has 24 heavy (non-hydrogen) atoms. The molecule has 0 saturated heterocycles. The molecule has 2 heterocycles. The standard InChI is InChI=1S/C16H16N2O5S/c1-10-9-23-15-13(10)4-3-5-14(15)16(19)18-24(20,21)12-6-11(22-2)7-17-8-12/h3-8,10H,9H2,1-2H3,(H,18,19). The first-order chi connectivity index (χ1) is 11.4. The van der Waals surface area contributed by atoms with E-state index >= 15 is 0 Å². The molecule has 1 atom stereocenters. The number of aromatic nitrogens is 1. The Bertz CT molecular complexity index is 895.